The Morgan fingerprint density at radius 3 is 2.50 bits per heavy atom. The van der Waals surface area contributed by atoms with Gasteiger partial charge in [-0.05, 0) is 50.4 Å². The highest BCUT2D eigenvalue weighted by atomic mass is 35.5. The van der Waals surface area contributed by atoms with E-state index in [0.29, 0.717) is 32.5 Å². The number of hydrogen-bond acceptors (Lipinski definition) is 4. The maximum Gasteiger partial charge on any atom is 0.256 e. The van der Waals surface area contributed by atoms with Crippen LogP contribution in [-0.2, 0) is 10.0 Å². The maximum atomic E-state index is 14.2. The summed E-state index contributed by atoms with van der Waals surface area (Å²) >= 11 is 0. The first-order valence-corrected chi connectivity index (χ1v) is 9.22. The molecule has 1 saturated heterocycles. The van der Waals surface area contributed by atoms with Crippen molar-refractivity contribution >= 4 is 28.3 Å². The Morgan fingerprint density at radius 1 is 1.25 bits per heavy atom. The molecule has 0 spiro atoms. The van der Waals surface area contributed by atoms with Gasteiger partial charge in [-0.25, -0.2) is 17.5 Å². The van der Waals surface area contributed by atoms with Crippen LogP contribution >= 0.6 is 12.4 Å². The highest BCUT2D eigenvalue weighted by Crippen LogP contribution is 2.19. The standard InChI is InChI=1S/C15H22FN3O3S.ClH/c16-14-11-12(23(21,22)18-8-2-1-7-17)5-6-13(14)15(20)19-9-3-4-10-19;/h5-6,11,18H,1-4,7-10,17H2;1H. The molecule has 3 N–H and O–H groups in total. The molecule has 0 bridgehead atoms. The third-order valence-electron chi connectivity index (χ3n) is 3.80. The molecule has 0 aromatic heterocycles. The minimum atomic E-state index is -3.78. The lowest BCUT2D eigenvalue weighted by molar-refractivity contribution is 0.0788. The lowest BCUT2D eigenvalue weighted by atomic mass is 10.2. The van der Waals surface area contributed by atoms with Gasteiger partial charge >= 0.3 is 0 Å². The van der Waals surface area contributed by atoms with Gasteiger partial charge in [-0.15, -0.1) is 12.4 Å². The molecule has 0 saturated carbocycles. The summed E-state index contributed by atoms with van der Waals surface area (Å²) in [6, 6.07) is 3.40. The van der Waals surface area contributed by atoms with Crippen LogP contribution in [0.1, 0.15) is 36.0 Å². The van der Waals surface area contributed by atoms with E-state index in [-0.39, 0.29) is 35.3 Å². The summed E-state index contributed by atoms with van der Waals surface area (Å²) in [5, 5.41) is 0. The van der Waals surface area contributed by atoms with Crippen molar-refractivity contribution in [3.05, 3.63) is 29.6 Å². The molecule has 0 atom stereocenters. The van der Waals surface area contributed by atoms with Gasteiger partial charge in [0.1, 0.15) is 5.82 Å². The number of unbranched alkanes of at least 4 members (excludes halogenated alkanes) is 1. The quantitative estimate of drug-likeness (QED) is 0.702. The molecule has 0 aliphatic carbocycles. The monoisotopic (exact) mass is 379 g/mol. The average molecular weight is 380 g/mol. The molecule has 1 aromatic carbocycles. The number of carbonyl (C=O) groups is 1. The van der Waals surface area contributed by atoms with Crippen LogP contribution in [0.5, 0.6) is 0 Å². The van der Waals surface area contributed by atoms with Crippen LogP contribution in [0.3, 0.4) is 0 Å². The fraction of sp³-hybridized carbons (Fsp3) is 0.533. The molecule has 1 aromatic rings. The fourth-order valence-corrected chi connectivity index (χ4v) is 3.57. The van der Waals surface area contributed by atoms with Crippen molar-refractivity contribution in [1.82, 2.24) is 9.62 Å². The van der Waals surface area contributed by atoms with Gasteiger partial charge in [-0.3, -0.25) is 4.79 Å². The molecule has 1 fully saturated rings. The molecule has 24 heavy (non-hydrogen) atoms. The first-order chi connectivity index (χ1) is 11.0. The molecule has 1 amide bonds. The van der Waals surface area contributed by atoms with E-state index in [1.165, 1.54) is 12.1 Å². The van der Waals surface area contributed by atoms with E-state index in [1.54, 1.807) is 4.90 Å². The summed E-state index contributed by atoms with van der Waals surface area (Å²) in [5.41, 5.74) is 5.25. The van der Waals surface area contributed by atoms with E-state index in [1.807, 2.05) is 0 Å². The second-order valence-electron chi connectivity index (χ2n) is 5.53. The van der Waals surface area contributed by atoms with Gasteiger partial charge < -0.3 is 10.6 Å². The fourth-order valence-electron chi connectivity index (χ4n) is 2.49. The predicted octanol–water partition coefficient (Wildman–Crippen LogP) is 1.50. The molecule has 1 aliphatic rings. The Labute approximate surface area is 148 Å². The second-order valence-corrected chi connectivity index (χ2v) is 7.30. The highest BCUT2D eigenvalue weighted by molar-refractivity contribution is 7.89. The molecule has 1 heterocycles. The van der Waals surface area contributed by atoms with Crippen LogP contribution in [0.15, 0.2) is 23.1 Å². The minimum Gasteiger partial charge on any atom is -0.339 e. The van der Waals surface area contributed by atoms with E-state index in [0.717, 1.165) is 18.9 Å². The molecular weight excluding hydrogens is 357 g/mol. The van der Waals surface area contributed by atoms with Gasteiger partial charge in [0, 0.05) is 19.6 Å². The topological polar surface area (TPSA) is 92.5 Å². The number of nitrogens with one attached hydrogen (secondary N) is 1. The van der Waals surface area contributed by atoms with Crippen molar-refractivity contribution in [2.45, 2.75) is 30.6 Å². The van der Waals surface area contributed by atoms with Crippen molar-refractivity contribution < 1.29 is 17.6 Å². The summed E-state index contributed by atoms with van der Waals surface area (Å²) in [6.07, 6.45) is 3.14. The normalized spacial score (nSPS) is 14.5. The first-order valence-electron chi connectivity index (χ1n) is 7.74. The van der Waals surface area contributed by atoms with Crippen LogP contribution in [0, 0.1) is 5.82 Å². The SMILES string of the molecule is Cl.NCCCCNS(=O)(=O)c1ccc(C(=O)N2CCCC2)c(F)c1. The number of amides is 1. The van der Waals surface area contributed by atoms with Crippen LogP contribution in [-0.4, -0.2) is 45.4 Å². The zero-order chi connectivity index (χ0) is 16.9. The second kappa shape index (κ2) is 9.31. The van der Waals surface area contributed by atoms with E-state index < -0.39 is 15.8 Å². The molecule has 9 heteroatoms. The Balaban J connectivity index is 0.00000288. The zero-order valence-electron chi connectivity index (χ0n) is 13.3. The molecule has 2 rings (SSSR count). The van der Waals surface area contributed by atoms with Crippen LogP contribution in [0.2, 0.25) is 0 Å². The van der Waals surface area contributed by atoms with E-state index in [9.17, 15) is 17.6 Å². The molecular formula is C15H23ClFN3O3S. The average Bonchev–Trinajstić information content (AvgIpc) is 3.05. The number of rotatable bonds is 7. The first kappa shape index (κ1) is 20.8. The lowest BCUT2D eigenvalue weighted by Crippen LogP contribution is -2.29. The van der Waals surface area contributed by atoms with Gasteiger partial charge in [0.15, 0.2) is 0 Å². The van der Waals surface area contributed by atoms with E-state index >= 15 is 0 Å². The molecule has 0 radical (unpaired) electrons. The van der Waals surface area contributed by atoms with E-state index in [4.69, 9.17) is 5.73 Å². The van der Waals surface area contributed by atoms with Crippen molar-refractivity contribution in [1.29, 1.82) is 0 Å². The largest absolute Gasteiger partial charge is 0.339 e. The molecule has 136 valence electrons. The van der Waals surface area contributed by atoms with Crippen LogP contribution < -0.4 is 10.5 Å². The van der Waals surface area contributed by atoms with Gasteiger partial charge in [0.2, 0.25) is 10.0 Å². The number of nitrogens with two attached hydrogens (primary N) is 1. The smallest absolute Gasteiger partial charge is 0.256 e. The van der Waals surface area contributed by atoms with Crippen molar-refractivity contribution in [3.8, 4) is 0 Å². The van der Waals surface area contributed by atoms with Crippen molar-refractivity contribution in [3.63, 3.8) is 0 Å². The predicted molar refractivity (Wildman–Crippen MR) is 92.3 cm³/mol. The summed E-state index contributed by atoms with van der Waals surface area (Å²) in [5.74, 6) is -1.20. The summed E-state index contributed by atoms with van der Waals surface area (Å²) in [6.45, 7) is 1.96. The Kier molecular flexibility index (Phi) is 8.08. The Hall–Kier alpha value is -1.22. The maximum absolute atomic E-state index is 14.2. The summed E-state index contributed by atoms with van der Waals surface area (Å²) in [4.78, 5) is 13.6. The number of benzene rings is 1. The number of sulfonamides is 1. The minimum absolute atomic E-state index is 0. The Morgan fingerprint density at radius 2 is 1.92 bits per heavy atom. The van der Waals surface area contributed by atoms with Crippen molar-refractivity contribution in [2.24, 2.45) is 5.73 Å². The lowest BCUT2D eigenvalue weighted by Gasteiger charge is -2.16. The van der Waals surface area contributed by atoms with Crippen LogP contribution in [0.25, 0.3) is 0 Å². The van der Waals surface area contributed by atoms with Gasteiger partial charge in [0.25, 0.3) is 5.91 Å². The number of likely N-dealkylation sites (tertiary alicyclic amines) is 1. The number of halogens is 2. The third kappa shape index (κ3) is 5.14. The third-order valence-corrected chi connectivity index (χ3v) is 5.26. The number of hydrogen-bond donors (Lipinski definition) is 2. The number of nitrogens with zero attached hydrogens (tertiary/aromatic N) is 1. The molecule has 0 unspecified atom stereocenters. The van der Waals surface area contributed by atoms with Gasteiger partial charge in [0.05, 0.1) is 10.5 Å². The van der Waals surface area contributed by atoms with Crippen molar-refractivity contribution in [2.75, 3.05) is 26.2 Å². The number of carbonyl (C=O) groups excluding carboxylic acids is 1. The van der Waals surface area contributed by atoms with Crippen LogP contribution in [0.4, 0.5) is 4.39 Å². The summed E-state index contributed by atoms with van der Waals surface area (Å²) < 4.78 is 40.7. The highest BCUT2D eigenvalue weighted by Gasteiger charge is 2.24. The summed E-state index contributed by atoms with van der Waals surface area (Å²) in [7, 11) is -3.78. The zero-order valence-corrected chi connectivity index (χ0v) is 15.0. The van der Waals surface area contributed by atoms with Gasteiger partial charge in [-0.2, -0.15) is 0 Å². The Bertz CT molecular complexity index is 664. The molecule has 1 aliphatic heterocycles. The van der Waals surface area contributed by atoms with E-state index in [2.05, 4.69) is 4.72 Å². The van der Waals surface area contributed by atoms with Gasteiger partial charge in [-0.1, -0.05) is 0 Å². The molecule has 6 nitrogen and oxygen atoms in total.